The van der Waals surface area contributed by atoms with Crippen LogP contribution >= 0.6 is 0 Å². The summed E-state index contributed by atoms with van der Waals surface area (Å²) in [6.45, 7) is 3.97. The van der Waals surface area contributed by atoms with E-state index in [1.165, 1.54) is 13.3 Å². The van der Waals surface area contributed by atoms with Gasteiger partial charge in [-0.05, 0) is 5.56 Å². The van der Waals surface area contributed by atoms with E-state index in [2.05, 4.69) is 11.6 Å². The molecule has 108 valence electrons. The maximum Gasteiger partial charge on any atom is 0.358 e. The molecule has 0 spiro atoms. The maximum atomic E-state index is 11.2. The first-order valence-electron chi connectivity index (χ1n) is 6.26. The van der Waals surface area contributed by atoms with Crippen molar-refractivity contribution in [2.24, 2.45) is 0 Å². The lowest BCUT2D eigenvalue weighted by Crippen LogP contribution is -2.07. The Kier molecular flexibility index (Phi) is 4.56. The van der Waals surface area contributed by atoms with Gasteiger partial charge in [0, 0.05) is 11.8 Å². The molecular formula is C16H15NO4. The van der Waals surface area contributed by atoms with Crippen LogP contribution in [0.25, 0.3) is 6.08 Å². The van der Waals surface area contributed by atoms with Crippen LogP contribution in [0.1, 0.15) is 21.6 Å². The Labute approximate surface area is 122 Å². The van der Waals surface area contributed by atoms with Crippen LogP contribution in [0.3, 0.4) is 0 Å². The van der Waals surface area contributed by atoms with Gasteiger partial charge in [0.25, 0.3) is 0 Å². The molecule has 0 aliphatic rings. The maximum absolute atomic E-state index is 11.2. The van der Waals surface area contributed by atoms with Crippen molar-refractivity contribution in [1.82, 2.24) is 4.98 Å². The summed E-state index contributed by atoms with van der Waals surface area (Å²) < 4.78 is 10.9. The van der Waals surface area contributed by atoms with Gasteiger partial charge >= 0.3 is 5.97 Å². The van der Waals surface area contributed by atoms with E-state index in [1.807, 2.05) is 30.3 Å². The molecule has 1 heterocycles. The summed E-state index contributed by atoms with van der Waals surface area (Å²) in [7, 11) is 1.38. The number of carboxylic acid groups (broad SMARTS) is 1. The Bertz CT molecular complexity index is 653. The summed E-state index contributed by atoms with van der Waals surface area (Å²) in [4.78, 5) is 15.0. The third-order valence-corrected chi connectivity index (χ3v) is 2.87. The number of carboxylic acids is 1. The Balaban J connectivity index is 2.37. The second-order valence-electron chi connectivity index (χ2n) is 4.21. The molecule has 21 heavy (non-hydrogen) atoms. The molecule has 0 bridgehead atoms. The van der Waals surface area contributed by atoms with E-state index in [9.17, 15) is 4.79 Å². The number of hydrogen-bond acceptors (Lipinski definition) is 4. The molecule has 0 radical (unpaired) electrons. The van der Waals surface area contributed by atoms with Crippen LogP contribution in [0.2, 0.25) is 0 Å². The Morgan fingerprint density at radius 3 is 2.62 bits per heavy atom. The summed E-state index contributed by atoms with van der Waals surface area (Å²) >= 11 is 0. The fraction of sp³-hybridized carbons (Fsp3) is 0.125. The van der Waals surface area contributed by atoms with E-state index in [0.717, 1.165) is 5.56 Å². The van der Waals surface area contributed by atoms with Gasteiger partial charge in [0.2, 0.25) is 0 Å². The van der Waals surface area contributed by atoms with Crippen molar-refractivity contribution in [3.8, 4) is 11.5 Å². The Morgan fingerprint density at radius 2 is 2.05 bits per heavy atom. The van der Waals surface area contributed by atoms with E-state index in [4.69, 9.17) is 14.6 Å². The van der Waals surface area contributed by atoms with E-state index < -0.39 is 5.97 Å². The van der Waals surface area contributed by atoms with Crippen molar-refractivity contribution in [3.63, 3.8) is 0 Å². The standard InChI is InChI=1S/C16H15NO4/c1-3-12-9-17-13(16(18)19)15(20-2)14(12)21-10-11-7-5-4-6-8-11/h3-9H,1,10H2,2H3,(H,18,19). The molecule has 0 saturated carbocycles. The first-order valence-corrected chi connectivity index (χ1v) is 6.26. The predicted molar refractivity (Wildman–Crippen MR) is 78.6 cm³/mol. The fourth-order valence-corrected chi connectivity index (χ4v) is 1.86. The van der Waals surface area contributed by atoms with Crippen molar-refractivity contribution >= 4 is 12.0 Å². The lowest BCUT2D eigenvalue weighted by molar-refractivity contribution is 0.0685. The first kappa shape index (κ1) is 14.6. The summed E-state index contributed by atoms with van der Waals surface area (Å²) in [6.07, 6.45) is 2.95. The van der Waals surface area contributed by atoms with Gasteiger partial charge in [-0.3, -0.25) is 0 Å². The van der Waals surface area contributed by atoms with E-state index in [0.29, 0.717) is 17.9 Å². The molecule has 0 saturated heterocycles. The van der Waals surface area contributed by atoms with Crippen molar-refractivity contribution < 1.29 is 19.4 Å². The van der Waals surface area contributed by atoms with Crippen LogP contribution in [0.5, 0.6) is 11.5 Å². The average molecular weight is 285 g/mol. The zero-order chi connectivity index (χ0) is 15.2. The molecule has 1 N–H and O–H groups in total. The number of ether oxygens (including phenoxy) is 2. The van der Waals surface area contributed by atoms with Gasteiger partial charge in [-0.15, -0.1) is 0 Å². The van der Waals surface area contributed by atoms with E-state index in [1.54, 1.807) is 6.08 Å². The molecule has 0 aliphatic carbocycles. The first-order chi connectivity index (χ1) is 10.2. The fourth-order valence-electron chi connectivity index (χ4n) is 1.86. The topological polar surface area (TPSA) is 68.7 Å². The third-order valence-electron chi connectivity index (χ3n) is 2.87. The van der Waals surface area contributed by atoms with Gasteiger partial charge in [0.1, 0.15) is 6.61 Å². The molecule has 1 aromatic heterocycles. The monoisotopic (exact) mass is 285 g/mol. The number of nitrogens with zero attached hydrogens (tertiary/aromatic N) is 1. The molecular weight excluding hydrogens is 270 g/mol. The van der Waals surface area contributed by atoms with E-state index in [-0.39, 0.29) is 11.4 Å². The summed E-state index contributed by atoms with van der Waals surface area (Å²) in [5, 5.41) is 9.15. The summed E-state index contributed by atoms with van der Waals surface area (Å²) in [5.41, 5.74) is 1.35. The SMILES string of the molecule is C=Cc1cnc(C(=O)O)c(OC)c1OCc1ccccc1. The van der Waals surface area contributed by atoms with Crippen molar-refractivity contribution in [2.75, 3.05) is 7.11 Å². The molecule has 0 atom stereocenters. The minimum Gasteiger partial charge on any atom is -0.491 e. The molecule has 0 unspecified atom stereocenters. The summed E-state index contributed by atoms with van der Waals surface area (Å²) in [6, 6.07) is 9.55. The largest absolute Gasteiger partial charge is 0.491 e. The van der Waals surface area contributed by atoms with Crippen LogP contribution in [-0.4, -0.2) is 23.2 Å². The molecule has 2 rings (SSSR count). The van der Waals surface area contributed by atoms with Crippen molar-refractivity contribution in [2.45, 2.75) is 6.61 Å². The molecule has 1 aromatic carbocycles. The van der Waals surface area contributed by atoms with Gasteiger partial charge in [-0.2, -0.15) is 0 Å². The molecule has 2 aromatic rings. The van der Waals surface area contributed by atoms with Gasteiger partial charge in [0.15, 0.2) is 17.2 Å². The minimum absolute atomic E-state index is 0.0934. The molecule has 0 amide bonds. The second-order valence-corrected chi connectivity index (χ2v) is 4.21. The second kappa shape index (κ2) is 6.56. The van der Waals surface area contributed by atoms with Gasteiger partial charge in [0.05, 0.1) is 7.11 Å². The van der Waals surface area contributed by atoms with Crippen LogP contribution in [0.4, 0.5) is 0 Å². The van der Waals surface area contributed by atoms with Gasteiger partial charge < -0.3 is 14.6 Å². The van der Waals surface area contributed by atoms with Crippen LogP contribution in [0, 0.1) is 0 Å². The quantitative estimate of drug-likeness (QED) is 0.883. The number of aromatic carboxylic acids is 1. The Morgan fingerprint density at radius 1 is 1.33 bits per heavy atom. The lowest BCUT2D eigenvalue weighted by Gasteiger charge is -2.14. The highest BCUT2D eigenvalue weighted by atomic mass is 16.5. The van der Waals surface area contributed by atoms with E-state index >= 15 is 0 Å². The molecule has 0 aliphatic heterocycles. The number of hydrogen-bond donors (Lipinski definition) is 1. The highest BCUT2D eigenvalue weighted by Crippen LogP contribution is 2.34. The highest BCUT2D eigenvalue weighted by molar-refractivity contribution is 5.90. The third kappa shape index (κ3) is 3.20. The molecule has 5 heteroatoms. The van der Waals surface area contributed by atoms with Gasteiger partial charge in [-0.25, -0.2) is 9.78 Å². The number of methoxy groups -OCH3 is 1. The number of benzene rings is 1. The van der Waals surface area contributed by atoms with Crippen LogP contribution in [0.15, 0.2) is 43.1 Å². The number of carbonyl (C=O) groups is 1. The molecule has 5 nitrogen and oxygen atoms in total. The number of pyridine rings is 1. The molecule has 0 fully saturated rings. The number of rotatable bonds is 6. The van der Waals surface area contributed by atoms with Crippen LogP contribution in [-0.2, 0) is 6.61 Å². The number of aromatic nitrogens is 1. The minimum atomic E-state index is -1.17. The van der Waals surface area contributed by atoms with Crippen molar-refractivity contribution in [1.29, 1.82) is 0 Å². The predicted octanol–water partition coefficient (Wildman–Crippen LogP) is 3.01. The zero-order valence-corrected chi connectivity index (χ0v) is 11.6. The normalized spacial score (nSPS) is 9.95. The smallest absolute Gasteiger partial charge is 0.358 e. The zero-order valence-electron chi connectivity index (χ0n) is 11.6. The Hall–Kier alpha value is -2.82. The summed E-state index contributed by atoms with van der Waals surface area (Å²) in [5.74, 6) is -0.758. The lowest BCUT2D eigenvalue weighted by atomic mass is 10.2. The van der Waals surface area contributed by atoms with Gasteiger partial charge in [-0.1, -0.05) is 43.0 Å². The van der Waals surface area contributed by atoms with Crippen LogP contribution < -0.4 is 9.47 Å². The van der Waals surface area contributed by atoms with Crippen molar-refractivity contribution in [3.05, 3.63) is 59.9 Å². The average Bonchev–Trinajstić information content (AvgIpc) is 2.52. The highest BCUT2D eigenvalue weighted by Gasteiger charge is 2.20.